The Morgan fingerprint density at radius 3 is 2.65 bits per heavy atom. The number of halogens is 4. The second-order valence-corrected chi connectivity index (χ2v) is 9.02. The number of aromatic nitrogens is 1. The number of nitrogens with one attached hydrogen (secondary N) is 1. The predicted octanol–water partition coefficient (Wildman–Crippen LogP) is 5.80. The lowest BCUT2D eigenvalue weighted by atomic mass is 9.93. The lowest BCUT2D eigenvalue weighted by Crippen LogP contribution is -2.42. The number of benzene rings is 1. The molecule has 1 aromatic carbocycles. The van der Waals surface area contributed by atoms with Crippen LogP contribution < -0.4 is 10.1 Å². The maximum absolute atomic E-state index is 13.0. The summed E-state index contributed by atoms with van der Waals surface area (Å²) in [5.41, 5.74) is 2.18. The van der Waals surface area contributed by atoms with E-state index in [0.717, 1.165) is 31.2 Å². The summed E-state index contributed by atoms with van der Waals surface area (Å²) in [5.74, 6) is 0.574. The molecule has 34 heavy (non-hydrogen) atoms. The maximum Gasteiger partial charge on any atom is 0.425 e. The molecule has 10 heteroatoms. The average Bonchev–Trinajstić information content (AvgIpc) is 3.63. The zero-order chi connectivity index (χ0) is 24.1. The van der Waals surface area contributed by atoms with Crippen LogP contribution in [-0.2, 0) is 4.84 Å². The Balaban J connectivity index is 1.51. The van der Waals surface area contributed by atoms with Gasteiger partial charge in [0.2, 0.25) is 12.5 Å². The van der Waals surface area contributed by atoms with Crippen LogP contribution in [0.15, 0.2) is 41.7 Å². The summed E-state index contributed by atoms with van der Waals surface area (Å²) in [6, 6.07) is 8.36. The van der Waals surface area contributed by atoms with Gasteiger partial charge in [-0.1, -0.05) is 35.3 Å². The van der Waals surface area contributed by atoms with Crippen molar-refractivity contribution in [3.63, 3.8) is 0 Å². The van der Waals surface area contributed by atoms with Gasteiger partial charge in [0.25, 0.3) is 5.91 Å². The molecule has 0 bridgehead atoms. The first-order chi connectivity index (χ1) is 16.3. The van der Waals surface area contributed by atoms with Crippen molar-refractivity contribution in [3.8, 4) is 17.0 Å². The zero-order valence-electron chi connectivity index (χ0n) is 18.4. The van der Waals surface area contributed by atoms with Gasteiger partial charge >= 0.3 is 6.18 Å². The number of alkyl halides is 3. The molecule has 182 valence electrons. The van der Waals surface area contributed by atoms with Crippen molar-refractivity contribution in [1.82, 2.24) is 10.3 Å². The van der Waals surface area contributed by atoms with Crippen LogP contribution in [0.1, 0.15) is 48.9 Å². The maximum atomic E-state index is 13.0. The molecule has 1 heterocycles. The van der Waals surface area contributed by atoms with E-state index in [-0.39, 0.29) is 0 Å². The summed E-state index contributed by atoms with van der Waals surface area (Å²) in [6.07, 6.45) is 1.87. The van der Waals surface area contributed by atoms with Crippen molar-refractivity contribution in [2.24, 2.45) is 11.1 Å². The summed E-state index contributed by atoms with van der Waals surface area (Å²) in [7, 11) is 0. The Kier molecular flexibility index (Phi) is 7.60. The number of amides is 1. The van der Waals surface area contributed by atoms with Gasteiger partial charge in [-0.15, -0.1) is 0 Å². The van der Waals surface area contributed by atoms with Crippen molar-refractivity contribution in [1.29, 1.82) is 0 Å². The van der Waals surface area contributed by atoms with Crippen LogP contribution in [-0.4, -0.2) is 42.0 Å². The summed E-state index contributed by atoms with van der Waals surface area (Å²) in [6.45, 7) is -0.896. The first-order valence-corrected chi connectivity index (χ1v) is 11.6. The van der Waals surface area contributed by atoms with Crippen molar-refractivity contribution in [2.45, 2.75) is 50.7 Å². The van der Waals surface area contributed by atoms with E-state index in [1.807, 2.05) is 12.1 Å². The van der Waals surface area contributed by atoms with Gasteiger partial charge in [0.15, 0.2) is 0 Å². The molecule has 1 amide bonds. The molecule has 1 atom stereocenters. The Morgan fingerprint density at radius 1 is 1.18 bits per heavy atom. The lowest BCUT2D eigenvalue weighted by Gasteiger charge is -2.24. The largest absolute Gasteiger partial charge is 0.477 e. The van der Waals surface area contributed by atoms with E-state index < -0.39 is 24.7 Å². The lowest BCUT2D eigenvalue weighted by molar-refractivity contribution is -0.173. The fraction of sp³-hybridized carbons (Fsp3) is 0.458. The molecule has 1 unspecified atom stereocenters. The number of oxime groups is 1. The van der Waals surface area contributed by atoms with Gasteiger partial charge in [0.1, 0.15) is 0 Å². The predicted molar refractivity (Wildman–Crippen MR) is 122 cm³/mol. The molecule has 2 aliphatic rings. The smallest absolute Gasteiger partial charge is 0.425 e. The Labute approximate surface area is 200 Å². The van der Waals surface area contributed by atoms with Crippen LogP contribution in [0, 0.1) is 5.92 Å². The second-order valence-electron chi connectivity index (χ2n) is 8.58. The van der Waals surface area contributed by atoms with Gasteiger partial charge in [-0.3, -0.25) is 4.79 Å². The highest BCUT2D eigenvalue weighted by Gasteiger charge is 2.30. The van der Waals surface area contributed by atoms with E-state index in [4.69, 9.17) is 16.3 Å². The van der Waals surface area contributed by atoms with Gasteiger partial charge in [-0.05, 0) is 61.8 Å². The highest BCUT2D eigenvalue weighted by atomic mass is 35.5. The normalized spacial score (nSPS) is 19.6. The van der Waals surface area contributed by atoms with Crippen molar-refractivity contribution < 1.29 is 27.5 Å². The topological polar surface area (TPSA) is 72.8 Å². The highest BCUT2D eigenvalue weighted by molar-refractivity contribution is 6.30. The fourth-order valence-corrected chi connectivity index (χ4v) is 3.83. The number of carbonyl (C=O) groups excluding carboxylic acids is 1. The van der Waals surface area contributed by atoms with Crippen LogP contribution in [0.4, 0.5) is 13.2 Å². The van der Waals surface area contributed by atoms with E-state index in [9.17, 15) is 18.0 Å². The van der Waals surface area contributed by atoms with E-state index >= 15 is 0 Å². The molecule has 6 nitrogen and oxygen atoms in total. The van der Waals surface area contributed by atoms with Crippen LogP contribution in [0.2, 0.25) is 5.02 Å². The second kappa shape index (κ2) is 10.6. The quantitative estimate of drug-likeness (QED) is 0.470. The molecule has 2 aromatic rings. The third-order valence-corrected chi connectivity index (χ3v) is 5.97. The molecule has 2 saturated carbocycles. The van der Waals surface area contributed by atoms with Gasteiger partial charge in [0, 0.05) is 16.8 Å². The standard InChI is InChI=1S/C24H25ClF3N3O3/c25-18-9-7-16(8-10-18)19-11-17(12-29-23(19)33-13-15-5-6-15)22(32)30-20-3-1-2-4-21(20)31-34-14-24(26,27)28/h7-12,15,20H,1-6,13-14H2,(H,30,32)/b31-21+. The molecule has 1 N–H and O–H groups in total. The molecule has 2 aliphatic carbocycles. The first kappa shape index (κ1) is 24.3. The van der Waals surface area contributed by atoms with Crippen LogP contribution in [0.5, 0.6) is 5.88 Å². The summed E-state index contributed by atoms with van der Waals surface area (Å²) in [5, 5.41) is 7.12. The molecular weight excluding hydrogens is 471 g/mol. The van der Waals surface area contributed by atoms with Crippen LogP contribution >= 0.6 is 11.6 Å². The Morgan fingerprint density at radius 2 is 1.94 bits per heavy atom. The van der Waals surface area contributed by atoms with Gasteiger partial charge < -0.3 is 14.9 Å². The minimum Gasteiger partial charge on any atom is -0.477 e. The van der Waals surface area contributed by atoms with Crippen molar-refractivity contribution in [2.75, 3.05) is 13.2 Å². The number of carbonyl (C=O) groups is 1. The number of hydrogen-bond donors (Lipinski definition) is 1. The monoisotopic (exact) mass is 495 g/mol. The van der Waals surface area contributed by atoms with Crippen molar-refractivity contribution >= 4 is 23.2 Å². The molecule has 4 rings (SSSR count). The minimum absolute atomic E-state index is 0.310. The number of pyridine rings is 1. The van der Waals surface area contributed by atoms with E-state index in [1.54, 1.807) is 18.2 Å². The summed E-state index contributed by atoms with van der Waals surface area (Å²) >= 11 is 6.02. The third kappa shape index (κ3) is 6.85. The minimum atomic E-state index is -4.47. The Bertz CT molecular complexity index is 1040. The molecule has 0 aliphatic heterocycles. The molecule has 0 radical (unpaired) electrons. The molecule has 0 saturated heterocycles. The third-order valence-electron chi connectivity index (χ3n) is 5.71. The number of hydrogen-bond acceptors (Lipinski definition) is 5. The number of rotatable bonds is 8. The molecule has 1 aromatic heterocycles. The number of nitrogens with zero attached hydrogens (tertiary/aromatic N) is 2. The van der Waals surface area contributed by atoms with E-state index in [0.29, 0.717) is 53.1 Å². The van der Waals surface area contributed by atoms with Crippen molar-refractivity contribution in [3.05, 3.63) is 47.1 Å². The molecule has 2 fully saturated rings. The first-order valence-electron chi connectivity index (χ1n) is 11.2. The summed E-state index contributed by atoms with van der Waals surface area (Å²) in [4.78, 5) is 21.9. The van der Waals surface area contributed by atoms with Gasteiger partial charge in [-0.25, -0.2) is 4.98 Å². The van der Waals surface area contributed by atoms with E-state index in [2.05, 4.69) is 20.3 Å². The zero-order valence-corrected chi connectivity index (χ0v) is 19.2. The van der Waals surface area contributed by atoms with Gasteiger partial charge in [0.05, 0.1) is 23.9 Å². The van der Waals surface area contributed by atoms with Gasteiger partial charge in [-0.2, -0.15) is 13.2 Å². The number of ether oxygens (including phenoxy) is 1. The fourth-order valence-electron chi connectivity index (χ4n) is 3.70. The molecular formula is C24H25ClF3N3O3. The molecule has 0 spiro atoms. The van der Waals surface area contributed by atoms with Crippen LogP contribution in [0.25, 0.3) is 11.1 Å². The van der Waals surface area contributed by atoms with Crippen LogP contribution in [0.3, 0.4) is 0 Å². The Hall–Kier alpha value is -2.81. The SMILES string of the molecule is O=C(NC1CCCC/C1=N\OCC(F)(F)F)c1cnc(OCC2CC2)c(-c2ccc(Cl)cc2)c1. The van der Waals surface area contributed by atoms with E-state index in [1.165, 1.54) is 6.20 Å². The highest BCUT2D eigenvalue weighted by Crippen LogP contribution is 2.33. The summed E-state index contributed by atoms with van der Waals surface area (Å²) < 4.78 is 43.1. The average molecular weight is 496 g/mol.